The van der Waals surface area contributed by atoms with Gasteiger partial charge in [-0.2, -0.15) is 0 Å². The average molecular weight is 268 g/mol. The second kappa shape index (κ2) is 6.44. The van der Waals surface area contributed by atoms with Gasteiger partial charge in [-0.05, 0) is 18.1 Å². The lowest BCUT2D eigenvalue weighted by Gasteiger charge is -2.38. The third-order valence-corrected chi connectivity index (χ3v) is 4.02. The van der Waals surface area contributed by atoms with Crippen molar-refractivity contribution in [2.45, 2.75) is 26.3 Å². The Morgan fingerprint density at radius 3 is 2.32 bits per heavy atom. The maximum atomic E-state index is 14.1. The zero-order chi connectivity index (χ0) is 13.8. The van der Waals surface area contributed by atoms with Gasteiger partial charge in [-0.15, -0.1) is 0 Å². The second-order valence-electron chi connectivity index (χ2n) is 5.25. The summed E-state index contributed by atoms with van der Waals surface area (Å²) >= 11 is 0. The molecular formula is C15H22F2N2. The number of nitrogens with one attached hydrogen (secondary N) is 1. The molecule has 0 saturated carbocycles. The molecule has 0 spiro atoms. The van der Waals surface area contributed by atoms with Crippen LogP contribution < -0.4 is 5.32 Å². The van der Waals surface area contributed by atoms with Crippen LogP contribution in [0.4, 0.5) is 8.78 Å². The van der Waals surface area contributed by atoms with Gasteiger partial charge in [0.05, 0.1) is 0 Å². The molecule has 1 aromatic rings. The lowest BCUT2D eigenvalue weighted by Crippen LogP contribution is -2.47. The molecule has 0 bridgehead atoms. The van der Waals surface area contributed by atoms with Crippen molar-refractivity contribution in [1.29, 1.82) is 0 Å². The van der Waals surface area contributed by atoms with E-state index in [0.717, 1.165) is 32.6 Å². The van der Waals surface area contributed by atoms with E-state index in [1.165, 1.54) is 18.2 Å². The Morgan fingerprint density at radius 1 is 1.21 bits per heavy atom. The van der Waals surface area contributed by atoms with Crippen molar-refractivity contribution in [3.63, 3.8) is 0 Å². The topological polar surface area (TPSA) is 15.3 Å². The first kappa shape index (κ1) is 14.4. The zero-order valence-corrected chi connectivity index (χ0v) is 11.6. The quantitative estimate of drug-likeness (QED) is 0.903. The van der Waals surface area contributed by atoms with Gasteiger partial charge >= 0.3 is 0 Å². The van der Waals surface area contributed by atoms with E-state index in [-0.39, 0.29) is 17.5 Å². The molecule has 106 valence electrons. The van der Waals surface area contributed by atoms with Crippen molar-refractivity contribution >= 4 is 0 Å². The molecule has 2 rings (SSSR count). The van der Waals surface area contributed by atoms with Crippen LogP contribution in [0.3, 0.4) is 0 Å². The summed E-state index contributed by atoms with van der Waals surface area (Å²) in [5.74, 6) is -0.628. The predicted molar refractivity (Wildman–Crippen MR) is 73.0 cm³/mol. The fourth-order valence-corrected chi connectivity index (χ4v) is 2.80. The molecule has 0 aromatic heterocycles. The first-order chi connectivity index (χ1) is 9.15. The molecule has 1 aromatic carbocycles. The van der Waals surface area contributed by atoms with Gasteiger partial charge in [0.25, 0.3) is 0 Å². The minimum absolute atomic E-state index is 0.173. The van der Waals surface area contributed by atoms with Crippen molar-refractivity contribution in [3.05, 3.63) is 35.4 Å². The van der Waals surface area contributed by atoms with Crippen LogP contribution in [0.2, 0.25) is 0 Å². The Morgan fingerprint density at radius 2 is 1.79 bits per heavy atom. The van der Waals surface area contributed by atoms with E-state index in [9.17, 15) is 8.78 Å². The number of rotatable bonds is 4. The summed E-state index contributed by atoms with van der Waals surface area (Å²) < 4.78 is 28.1. The summed E-state index contributed by atoms with van der Waals surface area (Å²) in [4.78, 5) is 2.20. The van der Waals surface area contributed by atoms with Gasteiger partial charge in [0, 0.05) is 37.8 Å². The maximum Gasteiger partial charge on any atom is 0.130 e. The molecule has 1 heterocycles. The van der Waals surface area contributed by atoms with E-state index in [2.05, 4.69) is 24.1 Å². The van der Waals surface area contributed by atoms with Crippen LogP contribution in [0.15, 0.2) is 18.2 Å². The Hall–Kier alpha value is -1.00. The number of hydrogen-bond donors (Lipinski definition) is 1. The molecular weight excluding hydrogens is 246 g/mol. The van der Waals surface area contributed by atoms with E-state index in [1.54, 1.807) is 0 Å². The largest absolute Gasteiger partial charge is 0.314 e. The third kappa shape index (κ3) is 3.12. The molecule has 1 aliphatic rings. The Labute approximate surface area is 113 Å². The molecule has 1 aliphatic heterocycles. The van der Waals surface area contributed by atoms with E-state index in [1.807, 2.05) is 0 Å². The van der Waals surface area contributed by atoms with E-state index >= 15 is 0 Å². The van der Waals surface area contributed by atoms with Crippen molar-refractivity contribution in [2.75, 3.05) is 26.2 Å². The van der Waals surface area contributed by atoms with E-state index in [0.29, 0.717) is 0 Å². The molecule has 1 fully saturated rings. The fraction of sp³-hybridized carbons (Fsp3) is 0.600. The van der Waals surface area contributed by atoms with Gasteiger partial charge in [-0.3, -0.25) is 4.90 Å². The van der Waals surface area contributed by atoms with Crippen LogP contribution in [0.5, 0.6) is 0 Å². The standard InChI is InChI=1S/C15H22F2N2/c1-3-11(2)15(19-9-7-18-8-10-19)14-12(16)5-4-6-13(14)17/h4-6,11,15,18H,3,7-10H2,1-2H3/t11?,15-/m0/s1. The summed E-state index contributed by atoms with van der Waals surface area (Å²) in [6, 6.07) is 3.97. The van der Waals surface area contributed by atoms with Crippen molar-refractivity contribution in [3.8, 4) is 0 Å². The minimum Gasteiger partial charge on any atom is -0.314 e. The molecule has 0 amide bonds. The second-order valence-corrected chi connectivity index (χ2v) is 5.25. The lowest BCUT2D eigenvalue weighted by atomic mass is 9.90. The minimum atomic E-state index is -0.427. The van der Waals surface area contributed by atoms with Crippen LogP contribution in [0.1, 0.15) is 31.9 Å². The number of piperazine rings is 1. The van der Waals surface area contributed by atoms with Gasteiger partial charge in [0.2, 0.25) is 0 Å². The van der Waals surface area contributed by atoms with Crippen molar-refractivity contribution in [2.24, 2.45) is 5.92 Å². The van der Waals surface area contributed by atoms with Gasteiger partial charge in [0.1, 0.15) is 11.6 Å². The molecule has 1 saturated heterocycles. The summed E-state index contributed by atoms with van der Waals surface area (Å²) in [5.41, 5.74) is 0.235. The molecule has 2 atom stereocenters. The van der Waals surface area contributed by atoms with Crippen LogP contribution in [-0.4, -0.2) is 31.1 Å². The molecule has 1 unspecified atom stereocenters. The smallest absolute Gasteiger partial charge is 0.130 e. The van der Waals surface area contributed by atoms with Gasteiger partial charge in [0.15, 0.2) is 0 Å². The lowest BCUT2D eigenvalue weighted by molar-refractivity contribution is 0.122. The van der Waals surface area contributed by atoms with Gasteiger partial charge < -0.3 is 5.32 Å². The summed E-state index contributed by atoms with van der Waals surface area (Å²) in [7, 11) is 0. The fourth-order valence-electron chi connectivity index (χ4n) is 2.80. The Bertz CT molecular complexity index is 396. The van der Waals surface area contributed by atoms with Crippen LogP contribution >= 0.6 is 0 Å². The number of benzene rings is 1. The first-order valence-corrected chi connectivity index (χ1v) is 7.03. The Balaban J connectivity index is 2.36. The summed E-state index contributed by atoms with van der Waals surface area (Å²) in [5, 5.41) is 3.28. The highest BCUT2D eigenvalue weighted by atomic mass is 19.1. The predicted octanol–water partition coefficient (Wildman–Crippen LogP) is 2.96. The molecule has 0 aliphatic carbocycles. The van der Waals surface area contributed by atoms with E-state index in [4.69, 9.17) is 0 Å². The molecule has 1 N–H and O–H groups in total. The molecule has 4 heteroatoms. The monoisotopic (exact) mass is 268 g/mol. The highest BCUT2D eigenvalue weighted by Crippen LogP contribution is 2.34. The number of nitrogens with zero attached hydrogens (tertiary/aromatic N) is 1. The van der Waals surface area contributed by atoms with Crippen LogP contribution in [0, 0.1) is 17.6 Å². The number of hydrogen-bond acceptors (Lipinski definition) is 2. The van der Waals surface area contributed by atoms with Gasteiger partial charge in [-0.25, -0.2) is 8.78 Å². The highest BCUT2D eigenvalue weighted by molar-refractivity contribution is 5.24. The van der Waals surface area contributed by atoms with Crippen LogP contribution in [0.25, 0.3) is 0 Å². The normalized spacial score (nSPS) is 20.2. The summed E-state index contributed by atoms with van der Waals surface area (Å²) in [6.07, 6.45) is 0.905. The Kier molecular flexibility index (Phi) is 4.88. The van der Waals surface area contributed by atoms with Crippen molar-refractivity contribution in [1.82, 2.24) is 10.2 Å². The zero-order valence-electron chi connectivity index (χ0n) is 11.6. The molecule has 0 radical (unpaired) electrons. The first-order valence-electron chi connectivity index (χ1n) is 7.03. The highest BCUT2D eigenvalue weighted by Gasteiger charge is 2.30. The van der Waals surface area contributed by atoms with Gasteiger partial charge in [-0.1, -0.05) is 26.3 Å². The number of halogens is 2. The SMILES string of the molecule is CCC(C)[C@@H](c1c(F)cccc1F)N1CCNCC1. The van der Waals surface area contributed by atoms with Crippen molar-refractivity contribution < 1.29 is 8.78 Å². The van der Waals surface area contributed by atoms with Crippen LogP contribution in [-0.2, 0) is 0 Å². The maximum absolute atomic E-state index is 14.1. The van der Waals surface area contributed by atoms with E-state index < -0.39 is 11.6 Å². The average Bonchev–Trinajstić information content (AvgIpc) is 2.43. The molecule has 19 heavy (non-hydrogen) atoms. The summed E-state index contributed by atoms with van der Waals surface area (Å²) in [6.45, 7) is 7.56. The third-order valence-electron chi connectivity index (χ3n) is 4.02. The molecule has 2 nitrogen and oxygen atoms in total.